The van der Waals surface area contributed by atoms with Gasteiger partial charge < -0.3 is 0 Å². The van der Waals surface area contributed by atoms with Gasteiger partial charge in [-0.1, -0.05) is 30.9 Å². The molecular formula is C13H15ClN2O2. The lowest BCUT2D eigenvalue weighted by molar-refractivity contribution is -0.384. The summed E-state index contributed by atoms with van der Waals surface area (Å²) in [6, 6.07) is 6.50. The van der Waals surface area contributed by atoms with Gasteiger partial charge in [-0.15, -0.1) is 0 Å². The molecule has 0 bridgehead atoms. The van der Waals surface area contributed by atoms with Crippen LogP contribution in [0.5, 0.6) is 0 Å². The summed E-state index contributed by atoms with van der Waals surface area (Å²) in [4.78, 5) is 14.6. The third-order valence-corrected chi connectivity index (χ3v) is 3.50. The highest BCUT2D eigenvalue weighted by Gasteiger charge is 2.13. The van der Waals surface area contributed by atoms with Gasteiger partial charge in [-0.05, 0) is 25.0 Å². The van der Waals surface area contributed by atoms with Crippen molar-refractivity contribution in [2.45, 2.75) is 38.1 Å². The van der Waals surface area contributed by atoms with Crippen molar-refractivity contribution in [2.24, 2.45) is 4.99 Å². The summed E-state index contributed by atoms with van der Waals surface area (Å²) >= 11 is 6.15. The van der Waals surface area contributed by atoms with E-state index < -0.39 is 4.92 Å². The highest BCUT2D eigenvalue weighted by molar-refractivity contribution is 6.69. The lowest BCUT2D eigenvalue weighted by Gasteiger charge is -2.17. The standard InChI is InChI=1S/C13H15ClN2O2/c14-13(15-11-4-2-1-3-5-11)10-6-8-12(9-7-10)16(17)18/h6-9,11H,1-5H2. The van der Waals surface area contributed by atoms with E-state index in [1.165, 1.54) is 31.4 Å². The van der Waals surface area contributed by atoms with Crippen molar-refractivity contribution in [3.8, 4) is 0 Å². The van der Waals surface area contributed by atoms with Crippen molar-refractivity contribution in [3.05, 3.63) is 39.9 Å². The first-order valence-corrected chi connectivity index (χ1v) is 6.53. The Morgan fingerprint density at radius 2 is 1.83 bits per heavy atom. The molecule has 1 aliphatic carbocycles. The fourth-order valence-corrected chi connectivity index (χ4v) is 2.43. The highest BCUT2D eigenvalue weighted by Crippen LogP contribution is 2.22. The Morgan fingerprint density at radius 3 is 2.39 bits per heavy atom. The van der Waals surface area contributed by atoms with Crippen LogP contribution in [0.4, 0.5) is 5.69 Å². The van der Waals surface area contributed by atoms with E-state index in [0.29, 0.717) is 11.2 Å². The van der Waals surface area contributed by atoms with Gasteiger partial charge in [0, 0.05) is 17.7 Å². The largest absolute Gasteiger partial charge is 0.269 e. The van der Waals surface area contributed by atoms with Crippen molar-refractivity contribution in [3.63, 3.8) is 0 Å². The molecule has 4 nitrogen and oxygen atoms in total. The summed E-state index contributed by atoms with van der Waals surface area (Å²) in [6.45, 7) is 0. The van der Waals surface area contributed by atoms with Gasteiger partial charge in [0.25, 0.3) is 5.69 Å². The van der Waals surface area contributed by atoms with Crippen molar-refractivity contribution in [1.82, 2.24) is 0 Å². The number of non-ortho nitro benzene ring substituents is 1. The fourth-order valence-electron chi connectivity index (χ4n) is 2.17. The number of benzene rings is 1. The van der Waals surface area contributed by atoms with Crippen molar-refractivity contribution < 1.29 is 4.92 Å². The zero-order chi connectivity index (χ0) is 13.0. The average Bonchev–Trinajstić information content (AvgIpc) is 2.40. The molecule has 5 heteroatoms. The zero-order valence-corrected chi connectivity index (χ0v) is 10.8. The SMILES string of the molecule is O=[N+]([O-])c1ccc(C(Cl)=NC2CCCCC2)cc1. The van der Waals surface area contributed by atoms with Crippen LogP contribution in [0.15, 0.2) is 29.3 Å². The molecule has 0 unspecified atom stereocenters. The molecule has 1 aliphatic rings. The lowest BCUT2D eigenvalue weighted by atomic mass is 9.96. The van der Waals surface area contributed by atoms with Gasteiger partial charge in [0.1, 0.15) is 5.17 Å². The van der Waals surface area contributed by atoms with E-state index in [4.69, 9.17) is 11.6 Å². The molecule has 0 heterocycles. The highest BCUT2D eigenvalue weighted by atomic mass is 35.5. The molecule has 0 amide bonds. The molecular weight excluding hydrogens is 252 g/mol. The van der Waals surface area contributed by atoms with E-state index >= 15 is 0 Å². The molecule has 0 aliphatic heterocycles. The van der Waals surface area contributed by atoms with E-state index in [9.17, 15) is 10.1 Å². The predicted octanol–water partition coefficient (Wildman–Crippen LogP) is 3.91. The molecule has 0 radical (unpaired) electrons. The quantitative estimate of drug-likeness (QED) is 0.473. The zero-order valence-electron chi connectivity index (χ0n) is 10.0. The minimum Gasteiger partial charge on any atom is -0.269 e. The normalized spacial score (nSPS) is 17.7. The van der Waals surface area contributed by atoms with Crippen LogP contribution >= 0.6 is 11.6 Å². The average molecular weight is 267 g/mol. The van der Waals surface area contributed by atoms with Crippen molar-refractivity contribution in [2.75, 3.05) is 0 Å². The van der Waals surface area contributed by atoms with Crippen LogP contribution in [0.25, 0.3) is 0 Å². The summed E-state index contributed by atoms with van der Waals surface area (Å²) in [7, 11) is 0. The topological polar surface area (TPSA) is 55.5 Å². The predicted molar refractivity (Wildman–Crippen MR) is 72.4 cm³/mol. The van der Waals surface area contributed by atoms with Crippen LogP contribution < -0.4 is 0 Å². The fraction of sp³-hybridized carbons (Fsp3) is 0.462. The van der Waals surface area contributed by atoms with Crippen molar-refractivity contribution in [1.29, 1.82) is 0 Å². The Balaban J connectivity index is 2.09. The Bertz CT molecular complexity index is 451. The molecule has 0 saturated heterocycles. The Kier molecular flexibility index (Phi) is 4.31. The Morgan fingerprint density at radius 1 is 1.22 bits per heavy atom. The smallest absolute Gasteiger partial charge is 0.269 e. The summed E-state index contributed by atoms with van der Waals surface area (Å²) in [5.74, 6) is 0. The number of nitrogens with zero attached hydrogens (tertiary/aromatic N) is 2. The monoisotopic (exact) mass is 266 g/mol. The molecule has 96 valence electrons. The van der Waals surface area contributed by atoms with E-state index in [1.54, 1.807) is 12.1 Å². The number of hydrogen-bond donors (Lipinski definition) is 0. The van der Waals surface area contributed by atoms with Crippen LogP contribution in [-0.2, 0) is 0 Å². The molecule has 0 spiro atoms. The first kappa shape index (κ1) is 13.0. The van der Waals surface area contributed by atoms with Gasteiger partial charge in [-0.3, -0.25) is 15.1 Å². The number of nitro benzene ring substituents is 1. The Labute approximate surface area is 111 Å². The molecule has 1 fully saturated rings. The summed E-state index contributed by atoms with van der Waals surface area (Å²) in [5, 5.41) is 11.0. The maximum atomic E-state index is 10.5. The van der Waals surface area contributed by atoms with E-state index in [-0.39, 0.29) is 5.69 Å². The molecule has 18 heavy (non-hydrogen) atoms. The van der Waals surface area contributed by atoms with Crippen LogP contribution in [0.1, 0.15) is 37.7 Å². The minimum atomic E-state index is -0.421. The van der Waals surface area contributed by atoms with Gasteiger partial charge in [0.2, 0.25) is 0 Å². The number of rotatable bonds is 3. The molecule has 1 saturated carbocycles. The summed E-state index contributed by atoms with van der Waals surface area (Å²) in [6.07, 6.45) is 5.87. The second-order valence-corrected chi connectivity index (χ2v) is 4.87. The first-order valence-electron chi connectivity index (χ1n) is 6.15. The van der Waals surface area contributed by atoms with Gasteiger partial charge in [0.15, 0.2) is 0 Å². The van der Waals surface area contributed by atoms with E-state index in [1.807, 2.05) is 0 Å². The molecule has 1 aromatic carbocycles. The second kappa shape index (κ2) is 5.96. The van der Waals surface area contributed by atoms with Crippen LogP contribution in [0.3, 0.4) is 0 Å². The molecule has 0 atom stereocenters. The molecule has 0 N–H and O–H groups in total. The number of nitro groups is 1. The number of aliphatic imine (C=N–C) groups is 1. The lowest BCUT2D eigenvalue weighted by Crippen LogP contribution is -2.11. The van der Waals surface area contributed by atoms with Gasteiger partial charge in [-0.25, -0.2) is 0 Å². The van der Waals surface area contributed by atoms with Crippen LogP contribution in [0.2, 0.25) is 0 Å². The summed E-state index contributed by atoms with van der Waals surface area (Å²) in [5.41, 5.74) is 0.814. The van der Waals surface area contributed by atoms with Gasteiger partial charge in [0.05, 0.1) is 11.0 Å². The number of hydrogen-bond acceptors (Lipinski definition) is 3. The maximum Gasteiger partial charge on any atom is 0.269 e. The number of halogens is 1. The van der Waals surface area contributed by atoms with Gasteiger partial charge in [-0.2, -0.15) is 0 Å². The van der Waals surface area contributed by atoms with E-state index in [2.05, 4.69) is 4.99 Å². The third-order valence-electron chi connectivity index (χ3n) is 3.19. The van der Waals surface area contributed by atoms with E-state index in [0.717, 1.165) is 18.4 Å². The molecule has 0 aromatic heterocycles. The minimum absolute atomic E-state index is 0.0703. The molecule has 1 aromatic rings. The Hall–Kier alpha value is -1.42. The molecule has 2 rings (SSSR count). The first-order chi connectivity index (χ1) is 8.66. The van der Waals surface area contributed by atoms with Crippen LogP contribution in [-0.4, -0.2) is 16.1 Å². The third kappa shape index (κ3) is 3.29. The van der Waals surface area contributed by atoms with Crippen LogP contribution in [0, 0.1) is 10.1 Å². The maximum absolute atomic E-state index is 10.5. The summed E-state index contributed by atoms with van der Waals surface area (Å²) < 4.78 is 0. The second-order valence-electron chi connectivity index (χ2n) is 4.52. The van der Waals surface area contributed by atoms with Gasteiger partial charge >= 0.3 is 0 Å². The van der Waals surface area contributed by atoms with Crippen molar-refractivity contribution >= 4 is 22.5 Å².